The number of halogens is 3. The lowest BCUT2D eigenvalue weighted by molar-refractivity contribution is 0.0934. The fraction of sp³-hybridized carbons (Fsp3) is 0.417. The third-order valence-corrected chi connectivity index (χ3v) is 2.84. The van der Waals surface area contributed by atoms with Crippen molar-refractivity contribution < 1.29 is 9.18 Å². The van der Waals surface area contributed by atoms with E-state index in [4.69, 9.17) is 11.6 Å². The minimum Gasteiger partial charge on any atom is -0.349 e. The number of hydrogen-bond donors (Lipinski definition) is 1. The van der Waals surface area contributed by atoms with Crippen LogP contribution in [-0.4, -0.2) is 16.8 Å². The third-order valence-electron chi connectivity index (χ3n) is 2.23. The summed E-state index contributed by atoms with van der Waals surface area (Å²) in [6, 6.07) is 3.90. The molecule has 2 unspecified atom stereocenters. The van der Waals surface area contributed by atoms with Crippen LogP contribution in [-0.2, 0) is 0 Å². The summed E-state index contributed by atoms with van der Waals surface area (Å²) >= 11 is 9.13. The highest BCUT2D eigenvalue weighted by Gasteiger charge is 2.15. The van der Waals surface area contributed by atoms with Crippen LogP contribution in [0.1, 0.15) is 30.6 Å². The first-order valence-electron chi connectivity index (χ1n) is 5.30. The van der Waals surface area contributed by atoms with Crippen LogP contribution in [0.3, 0.4) is 0 Å². The van der Waals surface area contributed by atoms with Crippen LogP contribution in [0.2, 0.25) is 5.02 Å². The number of nitrogens with one attached hydrogen (secondary N) is 1. The van der Waals surface area contributed by atoms with Gasteiger partial charge in [0.15, 0.2) is 0 Å². The van der Waals surface area contributed by atoms with E-state index in [0.717, 1.165) is 6.42 Å². The van der Waals surface area contributed by atoms with E-state index < -0.39 is 11.7 Å². The van der Waals surface area contributed by atoms with E-state index in [1.165, 1.54) is 18.2 Å². The topological polar surface area (TPSA) is 29.1 Å². The molecule has 1 aromatic rings. The van der Waals surface area contributed by atoms with E-state index in [9.17, 15) is 9.18 Å². The Bertz CT molecular complexity index is 411. The molecule has 5 heteroatoms. The first-order chi connectivity index (χ1) is 7.90. The van der Waals surface area contributed by atoms with Gasteiger partial charge in [-0.25, -0.2) is 4.39 Å². The van der Waals surface area contributed by atoms with Crippen molar-refractivity contribution in [3.63, 3.8) is 0 Å². The number of hydrogen-bond acceptors (Lipinski definition) is 1. The van der Waals surface area contributed by atoms with Crippen LogP contribution < -0.4 is 5.32 Å². The van der Waals surface area contributed by atoms with E-state index in [1.54, 1.807) is 0 Å². The maximum Gasteiger partial charge on any atom is 0.254 e. The highest BCUT2D eigenvalue weighted by molar-refractivity contribution is 9.09. The van der Waals surface area contributed by atoms with Crippen LogP contribution in [0.4, 0.5) is 4.39 Å². The molecule has 0 saturated heterocycles. The molecule has 0 saturated carbocycles. The Morgan fingerprint density at radius 1 is 1.53 bits per heavy atom. The van der Waals surface area contributed by atoms with Crippen LogP contribution in [0.5, 0.6) is 0 Å². The van der Waals surface area contributed by atoms with E-state index in [-0.39, 0.29) is 11.6 Å². The molecule has 0 aromatic heterocycles. The van der Waals surface area contributed by atoms with Gasteiger partial charge in [-0.3, -0.25) is 4.79 Å². The Labute approximate surface area is 114 Å². The minimum absolute atomic E-state index is 0.0217. The Balaban J connectivity index is 2.73. The van der Waals surface area contributed by atoms with Crippen molar-refractivity contribution in [2.24, 2.45) is 0 Å². The summed E-state index contributed by atoms with van der Waals surface area (Å²) in [5.41, 5.74) is -0.0217. The van der Waals surface area contributed by atoms with Crippen molar-refractivity contribution >= 4 is 33.4 Å². The molecule has 0 radical (unpaired) electrons. The van der Waals surface area contributed by atoms with E-state index >= 15 is 0 Å². The summed E-state index contributed by atoms with van der Waals surface area (Å²) in [6.45, 7) is 3.86. The molecule has 1 amide bonds. The van der Waals surface area contributed by atoms with Gasteiger partial charge in [0.2, 0.25) is 0 Å². The molecule has 1 aromatic carbocycles. The molecule has 2 atom stereocenters. The summed E-state index contributed by atoms with van der Waals surface area (Å²) in [5.74, 6) is -1.00. The molecule has 17 heavy (non-hydrogen) atoms. The van der Waals surface area contributed by atoms with Gasteiger partial charge in [0.05, 0.1) is 5.56 Å². The molecule has 0 spiro atoms. The van der Waals surface area contributed by atoms with Crippen molar-refractivity contribution in [3.05, 3.63) is 34.6 Å². The lowest BCUT2D eigenvalue weighted by Gasteiger charge is -2.15. The van der Waals surface area contributed by atoms with Gasteiger partial charge in [-0.1, -0.05) is 34.5 Å². The molecule has 0 aliphatic heterocycles. The average molecular weight is 323 g/mol. The minimum atomic E-state index is -0.564. The monoisotopic (exact) mass is 321 g/mol. The molecule has 0 bridgehead atoms. The van der Waals surface area contributed by atoms with Crippen molar-refractivity contribution in [2.45, 2.75) is 31.1 Å². The van der Waals surface area contributed by atoms with Crippen molar-refractivity contribution in [3.8, 4) is 0 Å². The number of amides is 1. The molecule has 0 aliphatic carbocycles. The maximum absolute atomic E-state index is 13.4. The zero-order valence-electron chi connectivity index (χ0n) is 9.64. The summed E-state index contributed by atoms with van der Waals surface area (Å²) in [4.78, 5) is 12.1. The van der Waals surface area contributed by atoms with Crippen molar-refractivity contribution in [1.29, 1.82) is 0 Å². The summed E-state index contributed by atoms with van der Waals surface area (Å²) in [7, 11) is 0. The average Bonchev–Trinajstić information content (AvgIpc) is 2.20. The third kappa shape index (κ3) is 4.64. The predicted molar refractivity (Wildman–Crippen MR) is 71.3 cm³/mol. The van der Waals surface area contributed by atoms with Gasteiger partial charge in [-0.15, -0.1) is 0 Å². The molecule has 1 rings (SSSR count). The van der Waals surface area contributed by atoms with E-state index in [1.807, 2.05) is 13.8 Å². The molecular formula is C12H14BrClFNO. The first-order valence-corrected chi connectivity index (χ1v) is 6.59. The van der Waals surface area contributed by atoms with Gasteiger partial charge >= 0.3 is 0 Å². The van der Waals surface area contributed by atoms with Crippen LogP contribution in [0.25, 0.3) is 0 Å². The highest BCUT2D eigenvalue weighted by Crippen LogP contribution is 2.15. The van der Waals surface area contributed by atoms with Gasteiger partial charge in [0.1, 0.15) is 5.82 Å². The second-order valence-corrected chi connectivity index (χ2v) is 6.01. The summed E-state index contributed by atoms with van der Waals surface area (Å²) in [5, 5.41) is 3.07. The quantitative estimate of drug-likeness (QED) is 0.840. The van der Waals surface area contributed by atoms with Gasteiger partial charge in [-0.05, 0) is 31.5 Å². The Morgan fingerprint density at radius 3 is 2.76 bits per heavy atom. The fourth-order valence-corrected chi connectivity index (χ4v) is 2.25. The van der Waals surface area contributed by atoms with Crippen molar-refractivity contribution in [1.82, 2.24) is 5.32 Å². The standard InChI is InChI=1S/C12H14BrClFNO/c1-7(13)5-8(2)16-12(17)10-6-9(14)3-4-11(10)15/h3-4,6-8H,5H2,1-2H3,(H,16,17). The molecule has 0 aliphatic rings. The van der Waals surface area contributed by atoms with Gasteiger partial charge in [-0.2, -0.15) is 0 Å². The lowest BCUT2D eigenvalue weighted by atomic mass is 10.1. The molecule has 0 heterocycles. The van der Waals surface area contributed by atoms with Gasteiger partial charge in [0, 0.05) is 15.9 Å². The van der Waals surface area contributed by atoms with Crippen LogP contribution in [0.15, 0.2) is 18.2 Å². The predicted octanol–water partition coefficient (Wildman–Crippen LogP) is 3.77. The Kier molecular flexibility index (Phi) is 5.40. The second kappa shape index (κ2) is 6.36. The van der Waals surface area contributed by atoms with Crippen LogP contribution in [0, 0.1) is 5.82 Å². The normalized spacial score (nSPS) is 14.2. The van der Waals surface area contributed by atoms with Crippen LogP contribution >= 0.6 is 27.5 Å². The number of carbonyl (C=O) groups is 1. The fourth-order valence-electron chi connectivity index (χ4n) is 1.52. The number of benzene rings is 1. The largest absolute Gasteiger partial charge is 0.349 e. The SMILES string of the molecule is CC(Br)CC(C)NC(=O)c1cc(Cl)ccc1F. The number of carbonyl (C=O) groups excluding carboxylic acids is 1. The van der Waals surface area contributed by atoms with E-state index in [2.05, 4.69) is 21.2 Å². The van der Waals surface area contributed by atoms with E-state index in [0.29, 0.717) is 9.85 Å². The summed E-state index contributed by atoms with van der Waals surface area (Å²) < 4.78 is 13.4. The van der Waals surface area contributed by atoms with Crippen molar-refractivity contribution in [2.75, 3.05) is 0 Å². The zero-order valence-corrected chi connectivity index (χ0v) is 12.0. The molecule has 2 nitrogen and oxygen atoms in total. The van der Waals surface area contributed by atoms with Gasteiger partial charge in [0.25, 0.3) is 5.91 Å². The molecular weight excluding hydrogens is 308 g/mol. The Hall–Kier alpha value is -0.610. The lowest BCUT2D eigenvalue weighted by Crippen LogP contribution is -2.34. The molecule has 1 N–H and O–H groups in total. The first kappa shape index (κ1) is 14.5. The number of rotatable bonds is 4. The summed E-state index contributed by atoms with van der Waals surface area (Å²) in [6.07, 6.45) is 0.772. The maximum atomic E-state index is 13.4. The van der Waals surface area contributed by atoms with Gasteiger partial charge < -0.3 is 5.32 Å². The molecule has 0 fully saturated rings. The smallest absolute Gasteiger partial charge is 0.254 e. The highest BCUT2D eigenvalue weighted by atomic mass is 79.9. The molecule has 94 valence electrons. The second-order valence-electron chi connectivity index (χ2n) is 4.02. The number of alkyl halides is 1. The zero-order chi connectivity index (χ0) is 13.0. The Morgan fingerprint density at radius 2 is 2.18 bits per heavy atom.